The lowest BCUT2D eigenvalue weighted by Crippen LogP contribution is -1.72. The average molecular weight is 129 g/mol. The van der Waals surface area contributed by atoms with Gasteiger partial charge in [0.2, 0.25) is 5.70 Å². The first-order chi connectivity index (χ1) is 2.00. The van der Waals surface area contributed by atoms with Crippen LogP contribution in [-0.2, 0) is 4.57 Å². The molecule has 0 aromatic carbocycles. The fraction of sp³-hybridized carbons (Fsp3) is 0. The molecule has 2 N–H and O–H groups in total. The lowest BCUT2D eigenvalue weighted by atomic mass is 13.9. The van der Waals surface area contributed by atoms with Crippen LogP contribution in [0.15, 0.2) is 0 Å². The molecule has 0 saturated heterocycles. The van der Waals surface area contributed by atoms with Crippen molar-refractivity contribution < 1.29 is 4.57 Å². The van der Waals surface area contributed by atoms with Crippen LogP contribution in [0, 0.1) is 0 Å². The van der Waals surface area contributed by atoms with E-state index < -0.39 is 5.70 Å². The van der Waals surface area contributed by atoms with Crippen molar-refractivity contribution in [3.05, 3.63) is 0 Å². The van der Waals surface area contributed by atoms with Gasteiger partial charge >= 0.3 is 0 Å². The zero-order valence-corrected chi connectivity index (χ0v) is 5.01. The summed E-state index contributed by atoms with van der Waals surface area (Å²) in [6, 6.07) is 0. The van der Waals surface area contributed by atoms with E-state index in [1.54, 1.807) is 0 Å². The Morgan fingerprint density at radius 2 is 1.60 bits per heavy atom. The fourth-order valence-electron chi connectivity index (χ4n) is 0. The predicted octanol–water partition coefficient (Wildman–Crippen LogP) is 0.913. The van der Waals surface area contributed by atoms with Crippen molar-refractivity contribution in [2.24, 2.45) is 5.50 Å². The van der Waals surface area contributed by atoms with Gasteiger partial charge in [-0.1, -0.05) is 24.5 Å². The molecule has 0 heterocycles. The molecule has 32 valence electrons. The van der Waals surface area contributed by atoms with E-state index in [0.29, 0.717) is 0 Å². The van der Waals surface area contributed by atoms with Crippen LogP contribution in [0.2, 0.25) is 0 Å². The van der Waals surface area contributed by atoms with Gasteiger partial charge in [0, 0.05) is 0 Å². The van der Waals surface area contributed by atoms with E-state index in [-0.39, 0.29) is 0 Å². The van der Waals surface area contributed by atoms with E-state index in [2.05, 4.69) is 30.0 Å². The Morgan fingerprint density at radius 3 is 1.60 bits per heavy atom. The van der Waals surface area contributed by atoms with Gasteiger partial charge in [0.05, 0.1) is 0 Å². The smallest absolute Gasteiger partial charge is 0.246 e. The third-order valence-electron chi connectivity index (χ3n) is 0. The lowest BCUT2D eigenvalue weighted by molar-refractivity contribution is 0.595. The lowest BCUT2D eigenvalue weighted by Gasteiger charge is -1.84. The first-order valence-electron chi connectivity index (χ1n) is 0.841. The topological polar surface area (TPSA) is 43.1 Å². The standard InChI is InChI=1S/H4NOPS2/c1-3(2,4)5/h(H4,1,2,4,5). The van der Waals surface area contributed by atoms with Gasteiger partial charge in [-0.15, -0.1) is 0 Å². The van der Waals surface area contributed by atoms with E-state index in [9.17, 15) is 4.57 Å². The van der Waals surface area contributed by atoms with Crippen LogP contribution >= 0.6 is 30.2 Å². The van der Waals surface area contributed by atoms with Gasteiger partial charge in [-0.05, 0) is 0 Å². The summed E-state index contributed by atoms with van der Waals surface area (Å²) >= 11 is 6.64. The summed E-state index contributed by atoms with van der Waals surface area (Å²) < 4.78 is 9.72. The van der Waals surface area contributed by atoms with Crippen molar-refractivity contribution in [3.63, 3.8) is 0 Å². The molecule has 0 radical (unpaired) electrons. The zero-order valence-electron chi connectivity index (χ0n) is 2.33. The van der Waals surface area contributed by atoms with Gasteiger partial charge in [0.15, 0.2) is 0 Å². The first kappa shape index (κ1) is 5.89. The van der Waals surface area contributed by atoms with E-state index >= 15 is 0 Å². The fourth-order valence-corrected chi connectivity index (χ4v) is 0. The summed E-state index contributed by atoms with van der Waals surface area (Å²) in [5.41, 5.74) is 1.89. The third kappa shape index (κ3) is 51.6. The van der Waals surface area contributed by atoms with E-state index in [1.165, 1.54) is 0 Å². The molecule has 0 aliphatic heterocycles. The van der Waals surface area contributed by atoms with Crippen LogP contribution in [-0.4, -0.2) is 0 Å². The first-order valence-corrected chi connectivity index (χ1v) is 4.92. The van der Waals surface area contributed by atoms with E-state index in [4.69, 9.17) is 0 Å². The Kier molecular flexibility index (Phi) is 1.84. The molecule has 0 bridgehead atoms. The summed E-state index contributed by atoms with van der Waals surface area (Å²) in [6.45, 7) is 0. The summed E-state index contributed by atoms with van der Waals surface area (Å²) in [6.07, 6.45) is 0. The highest BCUT2D eigenvalue weighted by Crippen LogP contribution is 2.45. The minimum atomic E-state index is -2.75. The van der Waals surface area contributed by atoms with E-state index in [1.807, 2.05) is 0 Å². The number of nitrogens with two attached hydrogens (primary N) is 1. The molecule has 0 atom stereocenters. The van der Waals surface area contributed by atoms with Gasteiger partial charge < -0.3 is 0 Å². The molecule has 5 heavy (non-hydrogen) atoms. The maximum atomic E-state index is 9.72. The molecule has 5 heteroatoms. The van der Waals surface area contributed by atoms with Crippen LogP contribution < -0.4 is 5.50 Å². The highest BCUT2D eigenvalue weighted by atomic mass is 33.1. The second-order valence-corrected chi connectivity index (χ2v) is 6.28. The number of thiol groups is 2. The van der Waals surface area contributed by atoms with Gasteiger partial charge in [-0.25, -0.2) is 0 Å². The van der Waals surface area contributed by atoms with Crippen molar-refractivity contribution in [1.29, 1.82) is 0 Å². The molecule has 0 aliphatic rings. The van der Waals surface area contributed by atoms with Crippen LogP contribution in [0.4, 0.5) is 0 Å². The second kappa shape index (κ2) is 1.56. The van der Waals surface area contributed by atoms with Gasteiger partial charge in [-0.3, -0.25) is 10.1 Å². The molecule has 0 amide bonds. The van der Waals surface area contributed by atoms with Crippen molar-refractivity contribution >= 4 is 30.2 Å². The van der Waals surface area contributed by atoms with Gasteiger partial charge in [-0.2, -0.15) is 0 Å². The summed E-state index contributed by atoms with van der Waals surface area (Å²) in [5.74, 6) is 0. The van der Waals surface area contributed by atoms with Crippen LogP contribution in [0.3, 0.4) is 0 Å². The number of rotatable bonds is 0. The molecule has 0 saturated carbocycles. The van der Waals surface area contributed by atoms with Crippen molar-refractivity contribution in [2.75, 3.05) is 0 Å². The highest BCUT2D eigenvalue weighted by Gasteiger charge is 1.92. The average Bonchev–Trinajstić information content (AvgIpc) is 0.722. The zero-order chi connectivity index (χ0) is 4.50. The molecule has 0 fully saturated rings. The number of hydrogen-bond acceptors (Lipinski definition) is 1. The monoisotopic (exact) mass is 129 g/mol. The van der Waals surface area contributed by atoms with Gasteiger partial charge in [0.25, 0.3) is 0 Å². The largest absolute Gasteiger partial charge is 0.284 e. The summed E-state index contributed by atoms with van der Waals surface area (Å²) in [4.78, 5) is 0. The van der Waals surface area contributed by atoms with Crippen LogP contribution in [0.25, 0.3) is 0 Å². The molecule has 0 aliphatic carbocycles. The predicted molar refractivity (Wildman–Crippen MR) is 29.8 cm³/mol. The molecular weight excluding hydrogens is 125 g/mol. The Morgan fingerprint density at radius 1 is 1.60 bits per heavy atom. The molecule has 0 spiro atoms. The van der Waals surface area contributed by atoms with Gasteiger partial charge in [0.1, 0.15) is 0 Å². The summed E-state index contributed by atoms with van der Waals surface area (Å²) in [7, 11) is 0. The Labute approximate surface area is 40.9 Å². The highest BCUT2D eigenvalue weighted by molar-refractivity contribution is 8.80. The quantitative estimate of drug-likeness (QED) is 0.336. The Balaban J connectivity index is 3.47. The van der Waals surface area contributed by atoms with Crippen molar-refractivity contribution in [1.82, 2.24) is 0 Å². The van der Waals surface area contributed by atoms with E-state index in [0.717, 1.165) is 0 Å². The maximum Gasteiger partial charge on any atom is 0.246 e. The molecular formula is H4NOPS2. The van der Waals surface area contributed by atoms with Crippen molar-refractivity contribution in [2.45, 2.75) is 0 Å². The SMILES string of the molecule is NP(=O)(S)S. The molecule has 0 rings (SSSR count). The Hall–Kier alpha value is 0.890. The molecule has 0 aromatic heterocycles. The third-order valence-corrected chi connectivity index (χ3v) is 0. The Bertz CT molecular complexity index is 55.8. The molecule has 0 aromatic rings. The summed E-state index contributed by atoms with van der Waals surface area (Å²) in [5, 5.41) is 0. The van der Waals surface area contributed by atoms with Crippen LogP contribution in [0.5, 0.6) is 0 Å². The minimum absolute atomic E-state index is 2.75. The maximum absolute atomic E-state index is 9.72. The van der Waals surface area contributed by atoms with Crippen molar-refractivity contribution in [3.8, 4) is 0 Å². The second-order valence-electron chi connectivity index (χ2n) is 0.589. The molecule has 2 nitrogen and oxygen atoms in total. The molecule has 0 unspecified atom stereocenters. The normalized spacial score (nSPS) is 11.8. The minimum Gasteiger partial charge on any atom is -0.284 e. The van der Waals surface area contributed by atoms with Crippen LogP contribution in [0.1, 0.15) is 0 Å². The number of hydrogen-bond donors (Lipinski definition) is 3.